The molecule has 0 radical (unpaired) electrons. The van der Waals surface area contributed by atoms with Crippen LogP contribution in [0.5, 0.6) is 0 Å². The number of anilines is 1. The first-order valence-corrected chi connectivity index (χ1v) is 13.1. The van der Waals surface area contributed by atoms with E-state index in [1.54, 1.807) is 0 Å². The van der Waals surface area contributed by atoms with Crippen molar-refractivity contribution < 1.29 is 13.2 Å². The van der Waals surface area contributed by atoms with E-state index in [0.29, 0.717) is 28.8 Å². The van der Waals surface area contributed by atoms with Gasteiger partial charge in [-0.3, -0.25) is 9.69 Å². The van der Waals surface area contributed by atoms with Crippen molar-refractivity contribution in [1.82, 2.24) is 9.62 Å². The Labute approximate surface area is 213 Å². The molecule has 0 spiro atoms. The van der Waals surface area contributed by atoms with Gasteiger partial charge in [-0.05, 0) is 53.6 Å². The van der Waals surface area contributed by atoms with Gasteiger partial charge < -0.3 is 5.32 Å². The summed E-state index contributed by atoms with van der Waals surface area (Å²) in [7, 11) is -3.79. The van der Waals surface area contributed by atoms with Crippen LogP contribution in [-0.4, -0.2) is 38.4 Å². The van der Waals surface area contributed by atoms with Gasteiger partial charge in [-0.15, -0.1) is 0 Å². The number of carbonyl (C=O) groups excluding carboxylic acids is 1. The summed E-state index contributed by atoms with van der Waals surface area (Å²) in [6.07, 6.45) is 0. The third-order valence-corrected chi connectivity index (χ3v) is 7.86. The Hall–Kier alpha value is -2.13. The van der Waals surface area contributed by atoms with E-state index in [2.05, 4.69) is 14.9 Å². The van der Waals surface area contributed by atoms with Crippen LogP contribution in [-0.2, 0) is 14.8 Å². The third kappa shape index (κ3) is 5.74. The van der Waals surface area contributed by atoms with Gasteiger partial charge in [0.25, 0.3) is 0 Å². The van der Waals surface area contributed by atoms with E-state index < -0.39 is 10.0 Å². The zero-order valence-electron chi connectivity index (χ0n) is 18.1. The smallest absolute Gasteiger partial charge is 0.240 e. The second-order valence-corrected chi connectivity index (χ2v) is 11.1. The van der Waals surface area contributed by atoms with E-state index in [1.165, 1.54) is 25.1 Å². The molecule has 6 nitrogen and oxygen atoms in total. The minimum absolute atomic E-state index is 0.0389. The second kappa shape index (κ2) is 10.2. The zero-order chi connectivity index (χ0) is 24.5. The summed E-state index contributed by atoms with van der Waals surface area (Å²) in [6, 6.07) is 19.1. The fraction of sp³-hybridized carbons (Fsp3) is 0.208. The molecule has 1 amide bonds. The fourth-order valence-electron chi connectivity index (χ4n) is 3.94. The van der Waals surface area contributed by atoms with Gasteiger partial charge in [0, 0.05) is 36.1 Å². The highest BCUT2D eigenvalue weighted by molar-refractivity contribution is 7.89. The normalized spacial score (nSPS) is 14.7. The van der Waals surface area contributed by atoms with Crippen molar-refractivity contribution in [1.29, 1.82) is 0 Å². The number of carbonyl (C=O) groups is 1. The quantitative estimate of drug-likeness (QED) is 0.425. The molecule has 1 fully saturated rings. The number of hydrogen-bond acceptors (Lipinski definition) is 4. The summed E-state index contributed by atoms with van der Waals surface area (Å²) in [5.41, 5.74) is 2.46. The van der Waals surface area contributed by atoms with Gasteiger partial charge >= 0.3 is 0 Å². The Morgan fingerprint density at radius 3 is 1.91 bits per heavy atom. The van der Waals surface area contributed by atoms with Gasteiger partial charge in [0.15, 0.2) is 0 Å². The fourth-order valence-corrected chi connectivity index (χ4v) is 5.73. The van der Waals surface area contributed by atoms with E-state index in [9.17, 15) is 13.2 Å². The van der Waals surface area contributed by atoms with Crippen molar-refractivity contribution in [2.75, 3.05) is 18.4 Å². The number of rotatable bonds is 7. The molecular weight excluding hydrogens is 517 g/mol. The van der Waals surface area contributed by atoms with Crippen LogP contribution < -0.4 is 10.0 Å². The Morgan fingerprint density at radius 2 is 1.44 bits per heavy atom. The van der Waals surface area contributed by atoms with Crippen LogP contribution in [0.25, 0.3) is 0 Å². The average molecular weight is 539 g/mol. The number of benzene rings is 3. The van der Waals surface area contributed by atoms with Crippen molar-refractivity contribution in [2.24, 2.45) is 0 Å². The lowest BCUT2D eigenvalue weighted by Gasteiger charge is -2.44. The predicted octanol–water partition coefficient (Wildman–Crippen LogP) is 5.36. The molecule has 1 aliphatic heterocycles. The van der Waals surface area contributed by atoms with Gasteiger partial charge in [-0.1, -0.05) is 59.1 Å². The monoisotopic (exact) mass is 537 g/mol. The van der Waals surface area contributed by atoms with Crippen LogP contribution in [0, 0.1) is 0 Å². The largest absolute Gasteiger partial charge is 0.325 e. The highest BCUT2D eigenvalue weighted by atomic mass is 35.5. The maximum atomic E-state index is 12.9. The molecule has 1 heterocycles. The van der Waals surface area contributed by atoms with E-state index in [4.69, 9.17) is 34.8 Å². The van der Waals surface area contributed by atoms with E-state index in [0.717, 1.165) is 11.1 Å². The Balaban J connectivity index is 1.48. The van der Waals surface area contributed by atoms with Gasteiger partial charge in [0.05, 0.1) is 21.6 Å². The lowest BCUT2D eigenvalue weighted by Crippen LogP contribution is -2.60. The highest BCUT2D eigenvalue weighted by Crippen LogP contribution is 2.34. The molecule has 3 aromatic rings. The van der Waals surface area contributed by atoms with Gasteiger partial charge in [0.2, 0.25) is 15.9 Å². The van der Waals surface area contributed by atoms with Crippen molar-refractivity contribution >= 4 is 56.4 Å². The molecular formula is C24H22Cl3N3O3S. The van der Waals surface area contributed by atoms with E-state index in [1.807, 2.05) is 48.5 Å². The molecule has 1 aliphatic rings. The summed E-state index contributed by atoms with van der Waals surface area (Å²) in [5, 5.41) is 4.01. The molecule has 10 heteroatoms. The minimum atomic E-state index is -3.79. The molecule has 0 aromatic heterocycles. The van der Waals surface area contributed by atoms with Crippen molar-refractivity contribution in [2.45, 2.75) is 23.9 Å². The summed E-state index contributed by atoms with van der Waals surface area (Å²) < 4.78 is 28.6. The molecule has 178 valence electrons. The number of nitrogens with zero attached hydrogens (tertiary/aromatic N) is 1. The molecule has 3 aromatic carbocycles. The van der Waals surface area contributed by atoms with Crippen molar-refractivity contribution in [3.63, 3.8) is 0 Å². The first-order valence-electron chi connectivity index (χ1n) is 10.5. The average Bonchev–Trinajstić information content (AvgIpc) is 2.75. The molecule has 0 unspecified atom stereocenters. The van der Waals surface area contributed by atoms with E-state index in [-0.39, 0.29) is 27.9 Å². The first-order chi connectivity index (χ1) is 16.1. The zero-order valence-corrected chi connectivity index (χ0v) is 21.2. The summed E-state index contributed by atoms with van der Waals surface area (Å²) >= 11 is 18.3. The molecule has 0 bridgehead atoms. The number of hydrogen-bond donors (Lipinski definition) is 2. The van der Waals surface area contributed by atoms with Crippen molar-refractivity contribution in [3.05, 3.63) is 92.9 Å². The lowest BCUT2D eigenvalue weighted by molar-refractivity contribution is -0.114. The molecule has 1 saturated heterocycles. The van der Waals surface area contributed by atoms with Crippen LogP contribution in [0.2, 0.25) is 15.1 Å². The maximum Gasteiger partial charge on any atom is 0.240 e. The molecule has 0 aliphatic carbocycles. The minimum Gasteiger partial charge on any atom is -0.325 e. The molecule has 4 rings (SSSR count). The number of sulfonamides is 1. The number of nitrogens with one attached hydrogen (secondary N) is 2. The Kier molecular flexibility index (Phi) is 7.52. The number of halogens is 3. The van der Waals surface area contributed by atoms with Gasteiger partial charge in [-0.25, -0.2) is 13.1 Å². The molecule has 0 saturated carbocycles. The summed E-state index contributed by atoms with van der Waals surface area (Å²) in [5.74, 6) is -0.291. The Bertz CT molecular complexity index is 1250. The third-order valence-electron chi connectivity index (χ3n) is 5.53. The van der Waals surface area contributed by atoms with Crippen molar-refractivity contribution in [3.8, 4) is 0 Å². The van der Waals surface area contributed by atoms with Gasteiger partial charge in [-0.2, -0.15) is 0 Å². The summed E-state index contributed by atoms with van der Waals surface area (Å²) in [4.78, 5) is 13.5. The predicted molar refractivity (Wildman–Crippen MR) is 136 cm³/mol. The van der Waals surface area contributed by atoms with Gasteiger partial charge in [0.1, 0.15) is 0 Å². The topological polar surface area (TPSA) is 78.5 Å². The van der Waals surface area contributed by atoms with Crippen LogP contribution in [0.4, 0.5) is 5.69 Å². The van der Waals surface area contributed by atoms with E-state index >= 15 is 0 Å². The molecule has 34 heavy (non-hydrogen) atoms. The standard InChI is InChI=1S/C24H22Cl3N3O3S/c1-15(31)28-23-11-10-21(12-22(23)27)34(32,33)29-20-13-30(14-20)24(16-2-6-18(25)7-3-16)17-4-8-19(26)9-5-17/h2-12,20,24,29H,13-14H2,1H3,(H,28,31). The Morgan fingerprint density at radius 1 is 0.912 bits per heavy atom. The number of amides is 1. The molecule has 2 N–H and O–H groups in total. The maximum absolute atomic E-state index is 12.9. The SMILES string of the molecule is CC(=O)Nc1ccc(S(=O)(=O)NC2CN(C(c3ccc(Cl)cc3)c3ccc(Cl)cc3)C2)cc1Cl. The summed E-state index contributed by atoms with van der Waals surface area (Å²) in [6.45, 7) is 2.39. The number of likely N-dealkylation sites (tertiary alicyclic amines) is 1. The molecule has 0 atom stereocenters. The van der Waals surface area contributed by atoms with Crippen LogP contribution >= 0.6 is 34.8 Å². The second-order valence-electron chi connectivity index (χ2n) is 8.10. The van der Waals surface area contributed by atoms with Crippen LogP contribution in [0.15, 0.2) is 71.6 Å². The first kappa shape index (κ1) is 25.0. The van der Waals surface area contributed by atoms with Crippen LogP contribution in [0.3, 0.4) is 0 Å². The highest BCUT2D eigenvalue weighted by Gasteiger charge is 2.36. The van der Waals surface area contributed by atoms with Crippen LogP contribution in [0.1, 0.15) is 24.1 Å². The lowest BCUT2D eigenvalue weighted by atomic mass is 9.93.